The fraction of sp³-hybridized carbons (Fsp3) is 0.778. The highest BCUT2D eigenvalue weighted by Gasteiger charge is 2.28. The Labute approximate surface area is 134 Å². The minimum absolute atomic E-state index is 0.477. The third-order valence-electron chi connectivity index (χ3n) is 4.59. The molecule has 1 aliphatic heterocycles. The van der Waals surface area contributed by atoms with Crippen molar-refractivity contribution in [2.45, 2.75) is 66.6 Å². The second-order valence-corrected chi connectivity index (χ2v) is 9.07. The summed E-state index contributed by atoms with van der Waals surface area (Å²) >= 11 is 1.97. The molecule has 120 valence electrons. The Bertz CT molecular complexity index is 423. The van der Waals surface area contributed by atoms with Gasteiger partial charge in [0.2, 0.25) is 0 Å². The van der Waals surface area contributed by atoms with E-state index in [1.807, 2.05) is 11.3 Å². The molecule has 2 nitrogen and oxygen atoms in total. The normalized spacial score (nSPS) is 18.6. The fourth-order valence-electron chi connectivity index (χ4n) is 3.08. The van der Waals surface area contributed by atoms with Crippen LogP contribution in [0.3, 0.4) is 0 Å². The number of hydrogen-bond donors (Lipinski definition) is 1. The summed E-state index contributed by atoms with van der Waals surface area (Å²) < 4.78 is 0. The highest BCUT2D eigenvalue weighted by Crippen LogP contribution is 2.34. The molecule has 1 N–H and O–H groups in total. The van der Waals surface area contributed by atoms with Crippen molar-refractivity contribution < 1.29 is 0 Å². The SMILES string of the molecule is CC(C)NCc1ccc(CN2CCC(C(C)(C)C)CC2)s1. The van der Waals surface area contributed by atoms with Crippen LogP contribution in [0.1, 0.15) is 57.2 Å². The monoisotopic (exact) mass is 308 g/mol. The highest BCUT2D eigenvalue weighted by molar-refractivity contribution is 7.11. The lowest BCUT2D eigenvalue weighted by Crippen LogP contribution is -2.37. The highest BCUT2D eigenvalue weighted by atomic mass is 32.1. The summed E-state index contributed by atoms with van der Waals surface area (Å²) in [7, 11) is 0. The first-order chi connectivity index (χ1) is 9.84. The van der Waals surface area contributed by atoms with Gasteiger partial charge in [0.1, 0.15) is 0 Å². The van der Waals surface area contributed by atoms with Crippen molar-refractivity contribution in [1.29, 1.82) is 0 Å². The van der Waals surface area contributed by atoms with E-state index in [2.05, 4.69) is 57.0 Å². The van der Waals surface area contributed by atoms with Crippen LogP contribution in [0.15, 0.2) is 12.1 Å². The van der Waals surface area contributed by atoms with Crippen LogP contribution in [0.2, 0.25) is 0 Å². The Balaban J connectivity index is 1.78. The Kier molecular flexibility index (Phi) is 5.87. The standard InChI is InChI=1S/C18H32N2S/c1-14(2)19-12-16-6-7-17(21-16)13-20-10-8-15(9-11-20)18(3,4)5/h6-7,14-15,19H,8-13H2,1-5H3. The molecule has 1 aromatic rings. The van der Waals surface area contributed by atoms with Crippen LogP contribution < -0.4 is 5.32 Å². The van der Waals surface area contributed by atoms with E-state index in [1.165, 1.54) is 35.7 Å². The van der Waals surface area contributed by atoms with E-state index in [4.69, 9.17) is 0 Å². The van der Waals surface area contributed by atoms with E-state index in [0.29, 0.717) is 11.5 Å². The molecule has 0 bridgehead atoms. The van der Waals surface area contributed by atoms with Crippen molar-refractivity contribution in [3.05, 3.63) is 21.9 Å². The van der Waals surface area contributed by atoms with E-state index in [9.17, 15) is 0 Å². The molecule has 0 aromatic carbocycles. The Morgan fingerprint density at radius 3 is 2.38 bits per heavy atom. The van der Waals surface area contributed by atoms with Gasteiger partial charge in [-0.05, 0) is 49.4 Å². The maximum atomic E-state index is 3.50. The number of hydrogen-bond acceptors (Lipinski definition) is 3. The molecule has 0 unspecified atom stereocenters. The number of nitrogens with zero attached hydrogens (tertiary/aromatic N) is 1. The van der Waals surface area contributed by atoms with Crippen molar-refractivity contribution in [2.75, 3.05) is 13.1 Å². The molecule has 0 radical (unpaired) electrons. The molecule has 2 rings (SSSR count). The summed E-state index contributed by atoms with van der Waals surface area (Å²) in [5.41, 5.74) is 0.477. The molecule has 1 aliphatic rings. The quantitative estimate of drug-likeness (QED) is 0.861. The molecule has 1 fully saturated rings. The van der Waals surface area contributed by atoms with Gasteiger partial charge in [-0.3, -0.25) is 4.90 Å². The second kappa shape index (κ2) is 7.26. The molecule has 1 aromatic heterocycles. The molecule has 0 amide bonds. The van der Waals surface area contributed by atoms with Gasteiger partial charge in [0.15, 0.2) is 0 Å². The third kappa shape index (κ3) is 5.39. The molecule has 0 aliphatic carbocycles. The minimum Gasteiger partial charge on any atom is -0.310 e. The smallest absolute Gasteiger partial charge is 0.0328 e. The predicted molar refractivity (Wildman–Crippen MR) is 93.8 cm³/mol. The molecule has 0 saturated carbocycles. The zero-order chi connectivity index (χ0) is 15.5. The van der Waals surface area contributed by atoms with Gasteiger partial charge in [0, 0.05) is 28.9 Å². The maximum absolute atomic E-state index is 3.50. The van der Waals surface area contributed by atoms with Crippen LogP contribution in [0.25, 0.3) is 0 Å². The number of thiophene rings is 1. The molecule has 0 spiro atoms. The lowest BCUT2D eigenvalue weighted by molar-refractivity contribution is 0.109. The van der Waals surface area contributed by atoms with Crippen LogP contribution in [0.4, 0.5) is 0 Å². The molecular formula is C18H32N2S. The molecular weight excluding hydrogens is 276 g/mol. The predicted octanol–water partition coefficient (Wildman–Crippen LogP) is 4.50. The summed E-state index contributed by atoms with van der Waals surface area (Å²) in [6.45, 7) is 16.3. The first kappa shape index (κ1) is 17.0. The van der Waals surface area contributed by atoms with E-state index in [-0.39, 0.29) is 0 Å². The van der Waals surface area contributed by atoms with Crippen LogP contribution in [0, 0.1) is 11.3 Å². The zero-order valence-corrected chi connectivity index (χ0v) is 15.2. The number of rotatable bonds is 5. The second-order valence-electron chi connectivity index (χ2n) is 7.82. The van der Waals surface area contributed by atoms with Crippen LogP contribution in [0.5, 0.6) is 0 Å². The number of piperidine rings is 1. The van der Waals surface area contributed by atoms with Gasteiger partial charge < -0.3 is 5.32 Å². The lowest BCUT2D eigenvalue weighted by Gasteiger charge is -2.38. The maximum Gasteiger partial charge on any atom is 0.0328 e. The summed E-state index contributed by atoms with van der Waals surface area (Å²) in [4.78, 5) is 5.61. The summed E-state index contributed by atoms with van der Waals surface area (Å²) in [5, 5.41) is 3.50. The van der Waals surface area contributed by atoms with E-state index >= 15 is 0 Å². The average Bonchev–Trinajstić information content (AvgIpc) is 2.83. The van der Waals surface area contributed by atoms with Gasteiger partial charge in [-0.25, -0.2) is 0 Å². The summed E-state index contributed by atoms with van der Waals surface area (Å²) in [5.74, 6) is 0.892. The van der Waals surface area contributed by atoms with Crippen molar-refractivity contribution >= 4 is 11.3 Å². The number of likely N-dealkylation sites (tertiary alicyclic amines) is 1. The van der Waals surface area contributed by atoms with Crippen molar-refractivity contribution in [3.63, 3.8) is 0 Å². The Morgan fingerprint density at radius 2 is 1.81 bits per heavy atom. The van der Waals surface area contributed by atoms with Gasteiger partial charge in [-0.15, -0.1) is 11.3 Å². The van der Waals surface area contributed by atoms with Gasteiger partial charge >= 0.3 is 0 Å². The summed E-state index contributed by atoms with van der Waals surface area (Å²) in [6, 6.07) is 5.17. The minimum atomic E-state index is 0.477. The lowest BCUT2D eigenvalue weighted by atomic mass is 9.75. The summed E-state index contributed by atoms with van der Waals surface area (Å²) in [6.07, 6.45) is 2.72. The van der Waals surface area contributed by atoms with Gasteiger partial charge in [0.05, 0.1) is 0 Å². The molecule has 3 heteroatoms. The first-order valence-corrected chi connectivity index (χ1v) is 9.19. The zero-order valence-electron chi connectivity index (χ0n) is 14.4. The van der Waals surface area contributed by atoms with Crippen molar-refractivity contribution in [3.8, 4) is 0 Å². The molecule has 1 saturated heterocycles. The molecule has 0 atom stereocenters. The Morgan fingerprint density at radius 1 is 1.19 bits per heavy atom. The first-order valence-electron chi connectivity index (χ1n) is 8.38. The van der Waals surface area contributed by atoms with Gasteiger partial charge in [0.25, 0.3) is 0 Å². The largest absolute Gasteiger partial charge is 0.310 e. The van der Waals surface area contributed by atoms with Gasteiger partial charge in [-0.2, -0.15) is 0 Å². The van der Waals surface area contributed by atoms with E-state index < -0.39 is 0 Å². The van der Waals surface area contributed by atoms with Crippen LogP contribution in [-0.4, -0.2) is 24.0 Å². The average molecular weight is 309 g/mol. The number of nitrogens with one attached hydrogen (secondary N) is 1. The fourth-order valence-corrected chi connectivity index (χ4v) is 4.10. The molecule has 21 heavy (non-hydrogen) atoms. The van der Waals surface area contributed by atoms with Crippen LogP contribution >= 0.6 is 11.3 Å². The van der Waals surface area contributed by atoms with Crippen LogP contribution in [-0.2, 0) is 13.1 Å². The van der Waals surface area contributed by atoms with E-state index in [0.717, 1.165) is 19.0 Å². The van der Waals surface area contributed by atoms with Crippen molar-refractivity contribution in [1.82, 2.24) is 10.2 Å². The molecule has 2 heterocycles. The third-order valence-corrected chi connectivity index (χ3v) is 5.66. The topological polar surface area (TPSA) is 15.3 Å². The van der Waals surface area contributed by atoms with Crippen molar-refractivity contribution in [2.24, 2.45) is 11.3 Å². The van der Waals surface area contributed by atoms with E-state index in [1.54, 1.807) is 0 Å². The Hall–Kier alpha value is -0.380. The van der Waals surface area contributed by atoms with Gasteiger partial charge in [-0.1, -0.05) is 34.6 Å².